The summed E-state index contributed by atoms with van der Waals surface area (Å²) in [6, 6.07) is 25.6. The predicted octanol–water partition coefficient (Wildman–Crippen LogP) is 7.14. The molecule has 6 aromatic rings. The second kappa shape index (κ2) is 12.2. The molecule has 0 radical (unpaired) electrons. The molecule has 0 saturated heterocycles. The molecule has 0 bridgehead atoms. The van der Waals surface area contributed by atoms with Crippen LogP contribution in [0.4, 0.5) is 11.4 Å². The average molecular weight is 717 g/mol. The number of amides is 1. The number of rotatable bonds is 8. The van der Waals surface area contributed by atoms with Crippen LogP contribution in [0.15, 0.2) is 114 Å². The maximum atomic E-state index is 13.6. The molecule has 0 saturated carbocycles. The summed E-state index contributed by atoms with van der Waals surface area (Å²) in [6.45, 7) is -0.461. The van der Waals surface area contributed by atoms with Gasteiger partial charge in [-0.1, -0.05) is 46.3 Å². The third-order valence-corrected chi connectivity index (χ3v) is 7.51. The van der Waals surface area contributed by atoms with Crippen molar-refractivity contribution in [3.05, 3.63) is 126 Å². The SMILES string of the molecule is O=C(COc1c(Br)cc(C=Nn2c(-c3cc4cc(Br)ccc4o3)nc3ccccc3c2=O)cc1[N+](=O)[O-])Nc1ccccc1. The number of nitrogens with one attached hydrogen (secondary N) is 1. The molecule has 44 heavy (non-hydrogen) atoms. The molecule has 0 aliphatic rings. The second-order valence-corrected chi connectivity index (χ2v) is 11.2. The van der Waals surface area contributed by atoms with Crippen LogP contribution >= 0.6 is 31.9 Å². The maximum Gasteiger partial charge on any atom is 0.312 e. The van der Waals surface area contributed by atoms with E-state index in [1.54, 1.807) is 60.7 Å². The van der Waals surface area contributed by atoms with Gasteiger partial charge in [-0.15, -0.1) is 0 Å². The van der Waals surface area contributed by atoms with E-state index in [1.165, 1.54) is 18.3 Å². The topological polar surface area (TPSA) is 142 Å². The van der Waals surface area contributed by atoms with Crippen LogP contribution in [0, 0.1) is 10.1 Å². The van der Waals surface area contributed by atoms with Crippen molar-refractivity contribution in [2.75, 3.05) is 11.9 Å². The highest BCUT2D eigenvalue weighted by atomic mass is 79.9. The van der Waals surface area contributed by atoms with Gasteiger partial charge in [0.05, 0.1) is 26.5 Å². The van der Waals surface area contributed by atoms with Crippen molar-refractivity contribution >= 4 is 77.2 Å². The van der Waals surface area contributed by atoms with Gasteiger partial charge >= 0.3 is 5.69 Å². The molecular formula is C31H19Br2N5O6. The number of nitrogens with zero attached hydrogens (tertiary/aromatic N) is 4. The number of halogens is 2. The van der Waals surface area contributed by atoms with Gasteiger partial charge in [-0.3, -0.25) is 19.7 Å². The van der Waals surface area contributed by atoms with E-state index >= 15 is 0 Å². The molecule has 11 nitrogen and oxygen atoms in total. The number of nitro benzene ring substituents is 1. The van der Waals surface area contributed by atoms with Crippen molar-refractivity contribution in [1.29, 1.82) is 0 Å². The Morgan fingerprint density at radius 2 is 1.82 bits per heavy atom. The summed E-state index contributed by atoms with van der Waals surface area (Å²) in [6.07, 6.45) is 1.30. The van der Waals surface area contributed by atoms with Crippen LogP contribution in [-0.2, 0) is 4.79 Å². The summed E-state index contributed by atoms with van der Waals surface area (Å²) in [4.78, 5) is 41.9. The van der Waals surface area contributed by atoms with Crippen LogP contribution in [0.3, 0.4) is 0 Å². The van der Waals surface area contributed by atoms with Crippen molar-refractivity contribution in [3.63, 3.8) is 0 Å². The number of anilines is 1. The number of fused-ring (bicyclic) bond motifs is 2. The first-order valence-corrected chi connectivity index (χ1v) is 14.6. The van der Waals surface area contributed by atoms with Gasteiger partial charge < -0.3 is 14.5 Å². The summed E-state index contributed by atoms with van der Waals surface area (Å²) < 4.78 is 13.7. The van der Waals surface area contributed by atoms with Gasteiger partial charge in [0.15, 0.2) is 12.4 Å². The highest BCUT2D eigenvalue weighted by molar-refractivity contribution is 9.10. The Morgan fingerprint density at radius 3 is 2.61 bits per heavy atom. The van der Waals surface area contributed by atoms with Gasteiger partial charge in [0.2, 0.25) is 11.6 Å². The smallest absolute Gasteiger partial charge is 0.312 e. The number of aromatic nitrogens is 2. The monoisotopic (exact) mass is 715 g/mol. The van der Waals surface area contributed by atoms with E-state index in [9.17, 15) is 19.7 Å². The highest BCUT2D eigenvalue weighted by Crippen LogP contribution is 2.36. The lowest BCUT2D eigenvalue weighted by molar-refractivity contribution is -0.385. The van der Waals surface area contributed by atoms with Gasteiger partial charge in [0.1, 0.15) is 5.58 Å². The minimum absolute atomic E-state index is 0.131. The number of para-hydroxylation sites is 2. The molecule has 0 aliphatic carbocycles. The summed E-state index contributed by atoms with van der Waals surface area (Å²) in [5, 5.41) is 20.1. The third kappa shape index (κ3) is 6.00. The van der Waals surface area contributed by atoms with Gasteiger partial charge in [0, 0.05) is 27.2 Å². The Morgan fingerprint density at radius 1 is 1.05 bits per heavy atom. The van der Waals surface area contributed by atoms with E-state index in [4.69, 9.17) is 9.15 Å². The van der Waals surface area contributed by atoms with E-state index in [0.29, 0.717) is 27.9 Å². The van der Waals surface area contributed by atoms with E-state index in [2.05, 4.69) is 47.3 Å². The zero-order valence-corrected chi connectivity index (χ0v) is 25.6. The van der Waals surface area contributed by atoms with Crippen molar-refractivity contribution in [1.82, 2.24) is 9.66 Å². The minimum Gasteiger partial charge on any atom is -0.476 e. The largest absolute Gasteiger partial charge is 0.476 e. The summed E-state index contributed by atoms with van der Waals surface area (Å²) >= 11 is 6.76. The molecule has 1 N–H and O–H groups in total. The molecule has 1 amide bonds. The number of hydrogen-bond acceptors (Lipinski definition) is 8. The molecule has 0 unspecified atom stereocenters. The fourth-order valence-electron chi connectivity index (χ4n) is 4.45. The molecule has 13 heteroatoms. The van der Waals surface area contributed by atoms with E-state index in [0.717, 1.165) is 14.5 Å². The lowest BCUT2D eigenvalue weighted by Crippen LogP contribution is -2.20. The Hall–Kier alpha value is -5.14. The molecule has 0 aliphatic heterocycles. The molecule has 4 aromatic carbocycles. The first kappa shape index (κ1) is 29.0. The van der Waals surface area contributed by atoms with Gasteiger partial charge in [-0.25, -0.2) is 4.98 Å². The quantitative estimate of drug-likeness (QED) is 0.100. The second-order valence-electron chi connectivity index (χ2n) is 9.42. The molecule has 0 atom stereocenters. The summed E-state index contributed by atoms with van der Waals surface area (Å²) in [7, 11) is 0. The maximum absolute atomic E-state index is 13.6. The standard InChI is InChI=1S/C31H19Br2N5O6/c32-20-10-11-26-19(14-20)15-27(44-26)30-36-24-9-5-4-8-22(24)31(40)37(30)34-16-18-12-23(33)29(25(13-18)38(41)42)43-17-28(39)35-21-6-2-1-3-7-21/h1-16H,17H2,(H,35,39). The number of furan rings is 1. The molecule has 2 heterocycles. The lowest BCUT2D eigenvalue weighted by atomic mass is 10.2. The van der Waals surface area contributed by atoms with Crippen molar-refractivity contribution in [2.24, 2.45) is 5.10 Å². The summed E-state index contributed by atoms with van der Waals surface area (Å²) in [5.74, 6) is -0.163. The van der Waals surface area contributed by atoms with Gasteiger partial charge in [-0.2, -0.15) is 9.78 Å². The third-order valence-electron chi connectivity index (χ3n) is 6.42. The fraction of sp³-hybridized carbons (Fsp3) is 0.0323. The first-order valence-electron chi connectivity index (χ1n) is 13.0. The zero-order valence-electron chi connectivity index (χ0n) is 22.4. The normalized spacial score (nSPS) is 11.3. The van der Waals surface area contributed by atoms with E-state index in [1.807, 2.05) is 18.2 Å². The van der Waals surface area contributed by atoms with Gasteiger partial charge in [-0.05, 0) is 70.5 Å². The highest BCUT2D eigenvalue weighted by Gasteiger charge is 2.22. The van der Waals surface area contributed by atoms with Crippen molar-refractivity contribution in [3.8, 4) is 17.3 Å². The Kier molecular flexibility index (Phi) is 8.05. The van der Waals surface area contributed by atoms with Gasteiger partial charge in [0.25, 0.3) is 11.5 Å². The Bertz CT molecular complexity index is 2160. The molecule has 218 valence electrons. The average Bonchev–Trinajstić information content (AvgIpc) is 3.43. The number of carbonyl (C=O) groups is 1. The fourth-order valence-corrected chi connectivity index (χ4v) is 5.41. The zero-order chi connectivity index (χ0) is 30.8. The van der Waals surface area contributed by atoms with Crippen LogP contribution in [0.1, 0.15) is 5.56 Å². The predicted molar refractivity (Wildman–Crippen MR) is 173 cm³/mol. The van der Waals surface area contributed by atoms with Crippen LogP contribution in [0.5, 0.6) is 5.75 Å². The van der Waals surface area contributed by atoms with Crippen LogP contribution in [0.2, 0.25) is 0 Å². The minimum atomic E-state index is -0.631. The van der Waals surface area contributed by atoms with Crippen LogP contribution < -0.4 is 15.6 Å². The molecule has 0 spiro atoms. The van der Waals surface area contributed by atoms with E-state index < -0.39 is 28.7 Å². The van der Waals surface area contributed by atoms with E-state index in [-0.39, 0.29) is 21.6 Å². The van der Waals surface area contributed by atoms with Crippen molar-refractivity contribution in [2.45, 2.75) is 0 Å². The molecule has 6 rings (SSSR count). The van der Waals surface area contributed by atoms with Crippen LogP contribution in [-0.4, -0.2) is 33.3 Å². The number of benzene rings is 4. The van der Waals surface area contributed by atoms with Crippen molar-refractivity contribution < 1.29 is 18.9 Å². The number of carbonyl (C=O) groups excluding carboxylic acids is 1. The summed E-state index contributed by atoms with van der Waals surface area (Å²) in [5.41, 5.74) is 1.03. The lowest BCUT2D eigenvalue weighted by Gasteiger charge is -2.10. The molecule has 0 fully saturated rings. The Balaban J connectivity index is 1.35. The molecule has 2 aromatic heterocycles. The number of ether oxygens (including phenoxy) is 1. The van der Waals surface area contributed by atoms with Crippen LogP contribution in [0.25, 0.3) is 33.5 Å². The number of nitro groups is 1. The molecular weight excluding hydrogens is 698 g/mol. The Labute approximate surface area is 265 Å². The first-order chi connectivity index (χ1) is 21.3. The number of hydrogen-bond donors (Lipinski definition) is 1.